The fourth-order valence-corrected chi connectivity index (χ4v) is 2.69. The maximum atomic E-state index is 5.28. The first-order valence-electron chi connectivity index (χ1n) is 5.19. The van der Waals surface area contributed by atoms with Crippen molar-refractivity contribution >= 4 is 51.5 Å². The van der Waals surface area contributed by atoms with Gasteiger partial charge in [0.15, 0.2) is 11.1 Å². The average molecular weight is 304 g/mol. The van der Waals surface area contributed by atoms with E-state index in [0.717, 1.165) is 23.7 Å². The fourth-order valence-electron chi connectivity index (χ4n) is 1.03. The number of hydrogen-bond donors (Lipinski definition) is 4. The summed E-state index contributed by atoms with van der Waals surface area (Å²) in [5.74, 6) is 1.83. The standard InChI is InChI=1S/C9H16N6S3/c1-12-8(16)13-2-3-17-4-6-5-18-9(14-6)15-7(10)11/h5H,2-4H2,1H3,(H2,12,13,16)(H4,10,11,14,15). The van der Waals surface area contributed by atoms with E-state index in [-0.39, 0.29) is 5.96 Å². The molecule has 0 amide bonds. The zero-order valence-electron chi connectivity index (χ0n) is 9.97. The summed E-state index contributed by atoms with van der Waals surface area (Å²) >= 11 is 8.17. The lowest BCUT2D eigenvalue weighted by Crippen LogP contribution is -2.33. The van der Waals surface area contributed by atoms with Gasteiger partial charge in [-0.2, -0.15) is 16.8 Å². The number of thiazole rings is 1. The first-order chi connectivity index (χ1) is 8.61. The molecule has 100 valence electrons. The van der Waals surface area contributed by atoms with E-state index in [1.165, 1.54) is 11.3 Å². The molecule has 1 aromatic heterocycles. The summed E-state index contributed by atoms with van der Waals surface area (Å²) in [6.45, 7) is 0.829. The molecule has 0 aliphatic carbocycles. The lowest BCUT2D eigenvalue weighted by Gasteiger charge is -2.05. The predicted octanol–water partition coefficient (Wildman–Crippen LogP) is 0.375. The van der Waals surface area contributed by atoms with E-state index in [0.29, 0.717) is 10.2 Å². The second-order valence-corrected chi connectivity index (χ2v) is 5.57. The monoisotopic (exact) mass is 304 g/mol. The van der Waals surface area contributed by atoms with Gasteiger partial charge in [0.1, 0.15) is 0 Å². The molecule has 0 aliphatic heterocycles. The highest BCUT2D eigenvalue weighted by atomic mass is 32.2. The number of aliphatic imine (C=N–C) groups is 1. The van der Waals surface area contributed by atoms with Gasteiger partial charge >= 0.3 is 0 Å². The van der Waals surface area contributed by atoms with Crippen LogP contribution in [0.2, 0.25) is 0 Å². The lowest BCUT2D eigenvalue weighted by atomic mass is 10.6. The van der Waals surface area contributed by atoms with Gasteiger partial charge in [0.25, 0.3) is 0 Å². The molecule has 18 heavy (non-hydrogen) atoms. The maximum absolute atomic E-state index is 5.28. The van der Waals surface area contributed by atoms with Crippen molar-refractivity contribution in [2.75, 3.05) is 19.3 Å². The number of nitrogens with one attached hydrogen (secondary N) is 2. The van der Waals surface area contributed by atoms with Crippen LogP contribution in [0.15, 0.2) is 10.4 Å². The highest BCUT2D eigenvalue weighted by molar-refractivity contribution is 7.98. The quantitative estimate of drug-likeness (QED) is 0.261. The van der Waals surface area contributed by atoms with E-state index >= 15 is 0 Å². The first-order valence-corrected chi connectivity index (χ1v) is 7.63. The van der Waals surface area contributed by atoms with Crippen LogP contribution in [0.4, 0.5) is 5.13 Å². The van der Waals surface area contributed by atoms with Crippen LogP contribution in [0.3, 0.4) is 0 Å². The number of nitrogens with zero attached hydrogens (tertiary/aromatic N) is 2. The Labute approximate surface area is 120 Å². The molecule has 0 saturated heterocycles. The van der Waals surface area contributed by atoms with Crippen LogP contribution in [-0.2, 0) is 5.75 Å². The van der Waals surface area contributed by atoms with Gasteiger partial charge in [-0.05, 0) is 12.2 Å². The fraction of sp³-hybridized carbons (Fsp3) is 0.444. The summed E-state index contributed by atoms with van der Waals surface area (Å²) in [5.41, 5.74) is 11.5. The molecule has 9 heteroatoms. The Morgan fingerprint density at radius 1 is 1.61 bits per heavy atom. The summed E-state index contributed by atoms with van der Waals surface area (Å²) in [6, 6.07) is 0. The molecule has 1 rings (SSSR count). The van der Waals surface area contributed by atoms with Gasteiger partial charge in [-0.15, -0.1) is 11.3 Å². The third-order valence-corrected chi connectivity index (χ3v) is 3.90. The Balaban J connectivity index is 2.21. The largest absolute Gasteiger partial charge is 0.370 e. The smallest absolute Gasteiger partial charge is 0.212 e. The predicted molar refractivity (Wildman–Crippen MR) is 83.4 cm³/mol. The molecule has 1 heterocycles. The Hall–Kier alpha value is -1.06. The normalized spacial score (nSPS) is 9.83. The van der Waals surface area contributed by atoms with Gasteiger partial charge in [-0.25, -0.2) is 4.98 Å². The Morgan fingerprint density at radius 3 is 3.06 bits per heavy atom. The van der Waals surface area contributed by atoms with Crippen molar-refractivity contribution in [2.45, 2.75) is 5.75 Å². The van der Waals surface area contributed by atoms with E-state index in [4.69, 9.17) is 23.7 Å². The van der Waals surface area contributed by atoms with Gasteiger partial charge in [-0.3, -0.25) is 0 Å². The van der Waals surface area contributed by atoms with Crippen LogP contribution in [0, 0.1) is 0 Å². The SMILES string of the molecule is CNC(=S)NCCSCc1csc(N=C(N)N)n1. The van der Waals surface area contributed by atoms with Crippen molar-refractivity contribution in [3.05, 3.63) is 11.1 Å². The minimum absolute atomic E-state index is 0.0355. The van der Waals surface area contributed by atoms with E-state index in [1.807, 2.05) is 5.38 Å². The second kappa shape index (κ2) is 8.11. The van der Waals surface area contributed by atoms with Crippen molar-refractivity contribution in [3.8, 4) is 0 Å². The molecule has 1 aromatic rings. The number of thiocarbonyl (C=S) groups is 1. The molecule has 0 fully saturated rings. The Morgan fingerprint density at radius 2 is 2.39 bits per heavy atom. The summed E-state index contributed by atoms with van der Waals surface area (Å²) < 4.78 is 0. The van der Waals surface area contributed by atoms with E-state index in [2.05, 4.69) is 20.6 Å². The average Bonchev–Trinajstić information content (AvgIpc) is 2.75. The third-order valence-electron chi connectivity index (χ3n) is 1.77. The van der Waals surface area contributed by atoms with Crippen molar-refractivity contribution in [1.82, 2.24) is 15.6 Å². The molecule has 0 unspecified atom stereocenters. The van der Waals surface area contributed by atoms with E-state index in [1.54, 1.807) is 18.8 Å². The number of hydrogen-bond acceptors (Lipinski definition) is 5. The van der Waals surface area contributed by atoms with Crippen LogP contribution in [-0.4, -0.2) is 35.4 Å². The summed E-state index contributed by atoms with van der Waals surface area (Å²) in [5, 5.41) is 9.16. The molecular weight excluding hydrogens is 288 g/mol. The minimum Gasteiger partial charge on any atom is -0.370 e. The lowest BCUT2D eigenvalue weighted by molar-refractivity contribution is 0.942. The highest BCUT2D eigenvalue weighted by Crippen LogP contribution is 2.21. The highest BCUT2D eigenvalue weighted by Gasteiger charge is 2.01. The molecule has 0 spiro atoms. The van der Waals surface area contributed by atoms with Gasteiger partial charge in [0.2, 0.25) is 5.13 Å². The third kappa shape index (κ3) is 6.03. The van der Waals surface area contributed by atoms with Crippen LogP contribution < -0.4 is 22.1 Å². The number of guanidine groups is 1. The molecule has 0 atom stereocenters. The number of rotatable bonds is 6. The molecule has 0 bridgehead atoms. The van der Waals surface area contributed by atoms with E-state index < -0.39 is 0 Å². The molecular formula is C9H16N6S3. The van der Waals surface area contributed by atoms with Crippen LogP contribution >= 0.6 is 35.3 Å². The molecule has 0 radical (unpaired) electrons. The van der Waals surface area contributed by atoms with Gasteiger partial charge in [-0.1, -0.05) is 0 Å². The molecule has 0 aliphatic rings. The maximum Gasteiger partial charge on any atom is 0.212 e. The summed E-state index contributed by atoms with van der Waals surface area (Å²) in [6.07, 6.45) is 0. The van der Waals surface area contributed by atoms with Crippen LogP contribution in [0.5, 0.6) is 0 Å². The zero-order chi connectivity index (χ0) is 13.4. The molecule has 6 nitrogen and oxygen atoms in total. The minimum atomic E-state index is 0.0355. The number of aromatic nitrogens is 1. The van der Waals surface area contributed by atoms with Crippen molar-refractivity contribution < 1.29 is 0 Å². The van der Waals surface area contributed by atoms with Gasteiger partial charge in [0, 0.05) is 30.5 Å². The topological polar surface area (TPSA) is 101 Å². The summed E-state index contributed by atoms with van der Waals surface area (Å²) in [7, 11) is 1.79. The van der Waals surface area contributed by atoms with Crippen LogP contribution in [0.25, 0.3) is 0 Å². The van der Waals surface area contributed by atoms with Crippen molar-refractivity contribution in [3.63, 3.8) is 0 Å². The van der Waals surface area contributed by atoms with Crippen LogP contribution in [0.1, 0.15) is 5.69 Å². The van der Waals surface area contributed by atoms with Crippen molar-refractivity contribution in [1.29, 1.82) is 0 Å². The van der Waals surface area contributed by atoms with Gasteiger partial charge < -0.3 is 22.1 Å². The Kier molecular flexibility index (Phi) is 6.76. The molecule has 0 saturated carbocycles. The van der Waals surface area contributed by atoms with Crippen molar-refractivity contribution in [2.24, 2.45) is 16.5 Å². The number of thioether (sulfide) groups is 1. The molecule has 6 N–H and O–H groups in total. The molecule has 0 aromatic carbocycles. The first kappa shape index (κ1) is 15.0. The second-order valence-electron chi connectivity index (χ2n) is 3.22. The van der Waals surface area contributed by atoms with Gasteiger partial charge in [0.05, 0.1) is 5.69 Å². The summed E-state index contributed by atoms with van der Waals surface area (Å²) in [4.78, 5) is 8.18. The Bertz CT molecular complexity index is 412. The zero-order valence-corrected chi connectivity index (χ0v) is 12.4. The number of nitrogens with two attached hydrogens (primary N) is 2. The van der Waals surface area contributed by atoms with E-state index in [9.17, 15) is 0 Å².